The maximum absolute atomic E-state index is 11.8. The molecule has 0 heterocycles. The van der Waals surface area contributed by atoms with Gasteiger partial charge in [0.05, 0.1) is 19.2 Å². The molecule has 3 amide bonds. The summed E-state index contributed by atoms with van der Waals surface area (Å²) in [6.45, 7) is 3.74. The van der Waals surface area contributed by atoms with Crippen molar-refractivity contribution in [3.8, 4) is 0 Å². The smallest absolute Gasteiger partial charge is 0.326 e. The number of aliphatic hydroxyl groups is 1. The fourth-order valence-corrected chi connectivity index (χ4v) is 1.70. The van der Waals surface area contributed by atoms with Gasteiger partial charge in [-0.1, -0.05) is 20.3 Å². The van der Waals surface area contributed by atoms with Crippen LogP contribution in [0.25, 0.3) is 0 Å². The zero-order valence-corrected chi connectivity index (χ0v) is 14.0. The van der Waals surface area contributed by atoms with Gasteiger partial charge in [-0.25, -0.2) is 4.79 Å². The zero-order valence-electron chi connectivity index (χ0n) is 14.0. The van der Waals surface area contributed by atoms with Crippen molar-refractivity contribution < 1.29 is 29.4 Å². The minimum Gasteiger partial charge on any atom is -0.480 e. The van der Waals surface area contributed by atoms with Crippen LogP contribution in [-0.4, -0.2) is 65.2 Å². The van der Waals surface area contributed by atoms with E-state index in [2.05, 4.69) is 16.0 Å². The summed E-state index contributed by atoms with van der Waals surface area (Å²) in [7, 11) is 0. The lowest BCUT2D eigenvalue weighted by Gasteiger charge is -2.21. The van der Waals surface area contributed by atoms with Crippen molar-refractivity contribution in [3.63, 3.8) is 0 Å². The van der Waals surface area contributed by atoms with Crippen LogP contribution < -0.4 is 21.7 Å². The number of nitrogens with one attached hydrogen (secondary N) is 3. The van der Waals surface area contributed by atoms with Crippen molar-refractivity contribution in [1.82, 2.24) is 16.0 Å². The number of carboxylic acid groups (broad SMARTS) is 1. The van der Waals surface area contributed by atoms with Crippen LogP contribution in [0.1, 0.15) is 27.2 Å². The van der Waals surface area contributed by atoms with E-state index in [1.807, 2.05) is 0 Å². The molecule has 0 aliphatic rings. The van der Waals surface area contributed by atoms with E-state index in [1.54, 1.807) is 13.8 Å². The highest BCUT2D eigenvalue weighted by atomic mass is 16.4. The molecule has 4 atom stereocenters. The topological polar surface area (TPSA) is 171 Å². The molecule has 0 rings (SSSR count). The first-order valence-electron chi connectivity index (χ1n) is 7.60. The third kappa shape index (κ3) is 7.38. The Hall–Kier alpha value is -2.20. The number of hydrogen-bond donors (Lipinski definition) is 6. The van der Waals surface area contributed by atoms with E-state index in [0.717, 1.165) is 0 Å². The summed E-state index contributed by atoms with van der Waals surface area (Å²) in [5.41, 5.74) is 5.34. The summed E-state index contributed by atoms with van der Waals surface area (Å²) >= 11 is 0. The van der Waals surface area contributed by atoms with Crippen molar-refractivity contribution in [3.05, 3.63) is 0 Å². The Morgan fingerprint density at radius 3 is 2.08 bits per heavy atom. The van der Waals surface area contributed by atoms with E-state index in [1.165, 1.54) is 6.92 Å². The maximum Gasteiger partial charge on any atom is 0.326 e. The van der Waals surface area contributed by atoms with Gasteiger partial charge in [0, 0.05) is 0 Å². The summed E-state index contributed by atoms with van der Waals surface area (Å²) in [6, 6.07) is -3.17. The summed E-state index contributed by atoms with van der Waals surface area (Å²) in [5.74, 6) is -3.54. The zero-order chi connectivity index (χ0) is 18.9. The standard InChI is InChI=1S/C14H26N4O6/c1-4-7(2)11(14(23)24)18-10(20)5-16-13(22)9(6-19)17-12(21)8(3)15/h7-9,11,19H,4-6,15H2,1-3H3,(H,16,22)(H,17,21)(H,18,20)(H,23,24). The van der Waals surface area contributed by atoms with Gasteiger partial charge in [-0.15, -0.1) is 0 Å². The SMILES string of the molecule is CCC(C)C(NC(=O)CNC(=O)C(CO)NC(=O)C(C)N)C(=O)O. The number of rotatable bonds is 10. The van der Waals surface area contributed by atoms with E-state index < -0.39 is 55.0 Å². The molecule has 0 aliphatic heterocycles. The second-order valence-electron chi connectivity index (χ2n) is 5.52. The van der Waals surface area contributed by atoms with Crippen LogP contribution in [0.4, 0.5) is 0 Å². The molecule has 24 heavy (non-hydrogen) atoms. The molecular weight excluding hydrogens is 320 g/mol. The van der Waals surface area contributed by atoms with Gasteiger partial charge < -0.3 is 31.9 Å². The first kappa shape index (κ1) is 21.8. The second kappa shape index (κ2) is 10.6. The van der Waals surface area contributed by atoms with Crippen molar-refractivity contribution in [2.45, 2.75) is 45.3 Å². The average molecular weight is 346 g/mol. The van der Waals surface area contributed by atoms with E-state index >= 15 is 0 Å². The van der Waals surface area contributed by atoms with Gasteiger partial charge in [-0.2, -0.15) is 0 Å². The molecule has 0 fully saturated rings. The molecule has 0 bridgehead atoms. The number of hydrogen-bond acceptors (Lipinski definition) is 6. The fourth-order valence-electron chi connectivity index (χ4n) is 1.70. The Kier molecular flexibility index (Phi) is 9.58. The minimum absolute atomic E-state index is 0.280. The van der Waals surface area contributed by atoms with E-state index in [0.29, 0.717) is 6.42 Å². The lowest BCUT2D eigenvalue weighted by Crippen LogP contribution is -2.54. The Labute approximate surface area is 140 Å². The molecule has 0 aromatic heterocycles. The molecule has 10 heteroatoms. The highest BCUT2D eigenvalue weighted by Gasteiger charge is 2.26. The van der Waals surface area contributed by atoms with Gasteiger partial charge in [-0.3, -0.25) is 14.4 Å². The number of nitrogens with two attached hydrogens (primary N) is 1. The van der Waals surface area contributed by atoms with Crippen LogP contribution in [0.15, 0.2) is 0 Å². The van der Waals surface area contributed by atoms with Crippen LogP contribution in [-0.2, 0) is 19.2 Å². The van der Waals surface area contributed by atoms with Crippen molar-refractivity contribution >= 4 is 23.7 Å². The van der Waals surface area contributed by atoms with Gasteiger partial charge in [-0.05, 0) is 12.8 Å². The fraction of sp³-hybridized carbons (Fsp3) is 0.714. The van der Waals surface area contributed by atoms with Crippen LogP contribution in [0, 0.1) is 5.92 Å². The monoisotopic (exact) mass is 346 g/mol. The van der Waals surface area contributed by atoms with Gasteiger partial charge in [0.2, 0.25) is 17.7 Å². The highest BCUT2D eigenvalue weighted by Crippen LogP contribution is 2.07. The van der Waals surface area contributed by atoms with Crippen molar-refractivity contribution in [2.75, 3.05) is 13.2 Å². The average Bonchev–Trinajstić information content (AvgIpc) is 2.53. The number of amides is 3. The summed E-state index contributed by atoms with van der Waals surface area (Å²) < 4.78 is 0. The van der Waals surface area contributed by atoms with Crippen molar-refractivity contribution in [1.29, 1.82) is 0 Å². The lowest BCUT2D eigenvalue weighted by molar-refractivity contribution is -0.143. The highest BCUT2D eigenvalue weighted by molar-refractivity contribution is 5.92. The number of carbonyl (C=O) groups excluding carboxylic acids is 3. The van der Waals surface area contributed by atoms with Crippen molar-refractivity contribution in [2.24, 2.45) is 11.7 Å². The number of aliphatic hydroxyl groups excluding tert-OH is 1. The third-order valence-corrected chi connectivity index (χ3v) is 3.45. The van der Waals surface area contributed by atoms with Crippen LogP contribution in [0.2, 0.25) is 0 Å². The first-order chi connectivity index (χ1) is 11.1. The van der Waals surface area contributed by atoms with Gasteiger partial charge >= 0.3 is 5.97 Å². The summed E-state index contributed by atoms with van der Waals surface area (Å²) in [5, 5.41) is 25.0. The minimum atomic E-state index is -1.25. The number of carbonyl (C=O) groups is 4. The largest absolute Gasteiger partial charge is 0.480 e. The Morgan fingerprint density at radius 1 is 1.08 bits per heavy atom. The Bertz CT molecular complexity index is 468. The summed E-state index contributed by atoms with van der Waals surface area (Å²) in [6.07, 6.45) is 0.555. The predicted octanol–water partition coefficient (Wildman–Crippen LogP) is -2.46. The first-order valence-corrected chi connectivity index (χ1v) is 7.60. The van der Waals surface area contributed by atoms with Gasteiger partial charge in [0.1, 0.15) is 12.1 Å². The number of aliphatic carboxylic acids is 1. The number of carboxylic acids is 1. The van der Waals surface area contributed by atoms with E-state index in [-0.39, 0.29) is 5.92 Å². The molecule has 0 saturated heterocycles. The van der Waals surface area contributed by atoms with E-state index in [4.69, 9.17) is 15.9 Å². The molecule has 138 valence electrons. The lowest BCUT2D eigenvalue weighted by atomic mass is 9.99. The molecule has 0 spiro atoms. The van der Waals surface area contributed by atoms with Crippen LogP contribution >= 0.6 is 0 Å². The summed E-state index contributed by atoms with van der Waals surface area (Å²) in [4.78, 5) is 46.1. The Morgan fingerprint density at radius 2 is 1.67 bits per heavy atom. The van der Waals surface area contributed by atoms with Crippen LogP contribution in [0.5, 0.6) is 0 Å². The molecule has 4 unspecified atom stereocenters. The van der Waals surface area contributed by atoms with Crippen LogP contribution in [0.3, 0.4) is 0 Å². The molecule has 10 nitrogen and oxygen atoms in total. The Balaban J connectivity index is 4.53. The third-order valence-electron chi connectivity index (χ3n) is 3.45. The molecule has 7 N–H and O–H groups in total. The molecule has 0 radical (unpaired) electrons. The normalized spacial score (nSPS) is 15.5. The molecule has 0 aromatic carbocycles. The van der Waals surface area contributed by atoms with Gasteiger partial charge in [0.25, 0.3) is 0 Å². The molecular formula is C14H26N4O6. The molecule has 0 aliphatic carbocycles. The van der Waals surface area contributed by atoms with E-state index in [9.17, 15) is 19.2 Å². The second-order valence-corrected chi connectivity index (χ2v) is 5.52. The predicted molar refractivity (Wildman–Crippen MR) is 84.7 cm³/mol. The molecule has 0 saturated carbocycles. The van der Waals surface area contributed by atoms with Gasteiger partial charge in [0.15, 0.2) is 0 Å². The quantitative estimate of drug-likeness (QED) is 0.255. The molecule has 0 aromatic rings. The maximum atomic E-state index is 11.8.